The summed E-state index contributed by atoms with van der Waals surface area (Å²) in [6.07, 6.45) is 4.12. The predicted molar refractivity (Wildman–Crippen MR) is 57.2 cm³/mol. The summed E-state index contributed by atoms with van der Waals surface area (Å²) in [6.45, 7) is 6.13. The van der Waals surface area contributed by atoms with Crippen LogP contribution < -0.4 is 5.32 Å². The molecule has 4 heteroatoms. The Balaban J connectivity index is 1.69. The van der Waals surface area contributed by atoms with Gasteiger partial charge in [0.2, 0.25) is 0 Å². The van der Waals surface area contributed by atoms with Crippen LogP contribution in [-0.4, -0.2) is 16.9 Å². The highest BCUT2D eigenvalue weighted by molar-refractivity contribution is 5.03. The Morgan fingerprint density at radius 2 is 2.27 bits per heavy atom. The molecule has 1 aliphatic rings. The predicted octanol–water partition coefficient (Wildman–Crippen LogP) is 1.90. The number of hydrogen-bond donors (Lipinski definition) is 1. The van der Waals surface area contributed by atoms with Crippen molar-refractivity contribution in [3.05, 3.63) is 11.4 Å². The van der Waals surface area contributed by atoms with Gasteiger partial charge in [-0.3, -0.25) is 0 Å². The van der Waals surface area contributed by atoms with Crippen molar-refractivity contribution in [1.82, 2.24) is 15.6 Å². The lowest BCUT2D eigenvalue weighted by atomic mass is 10.1. The van der Waals surface area contributed by atoms with Gasteiger partial charge in [0.1, 0.15) is 11.4 Å². The van der Waals surface area contributed by atoms with Crippen LogP contribution in [0, 0.1) is 18.8 Å². The third-order valence-electron chi connectivity index (χ3n) is 3.28. The smallest absolute Gasteiger partial charge is 0.121 e. The monoisotopic (exact) mass is 209 g/mol. The number of nitrogens with zero attached hydrogens (tertiary/aromatic N) is 2. The lowest BCUT2D eigenvalue weighted by Gasteiger charge is -2.09. The van der Waals surface area contributed by atoms with Gasteiger partial charge in [0.15, 0.2) is 0 Å². The average Bonchev–Trinajstić information content (AvgIpc) is 2.77. The Bertz CT molecular complexity index is 311. The summed E-state index contributed by atoms with van der Waals surface area (Å²) < 4.78 is 4.64. The van der Waals surface area contributed by atoms with Crippen molar-refractivity contribution < 1.29 is 4.63 Å². The maximum Gasteiger partial charge on any atom is 0.121 e. The second kappa shape index (κ2) is 4.75. The highest BCUT2D eigenvalue weighted by Crippen LogP contribution is 2.29. The molecule has 4 nitrogen and oxygen atoms in total. The van der Waals surface area contributed by atoms with Gasteiger partial charge in [-0.1, -0.05) is 23.7 Å². The van der Waals surface area contributed by atoms with Crippen LogP contribution in [0.15, 0.2) is 4.63 Å². The molecule has 0 aromatic carbocycles. The molecule has 1 aliphatic carbocycles. The molecular weight excluding hydrogens is 190 g/mol. The van der Waals surface area contributed by atoms with E-state index in [2.05, 4.69) is 27.2 Å². The summed E-state index contributed by atoms with van der Waals surface area (Å²) in [4.78, 5) is 0. The van der Waals surface area contributed by atoms with E-state index < -0.39 is 0 Å². The Labute approximate surface area is 90.4 Å². The standard InChI is InChI=1S/C11H19N3O/c1-8-3-4-10(5-8)6-12-7-11-9(2)13-15-14-11/h8,10,12H,3-7H2,1-2H3. The SMILES string of the molecule is Cc1nonc1CNCC1CCC(C)C1. The second-order valence-corrected chi connectivity index (χ2v) is 4.71. The van der Waals surface area contributed by atoms with E-state index in [4.69, 9.17) is 0 Å². The molecule has 2 rings (SSSR count). The molecule has 1 aromatic heterocycles. The third-order valence-corrected chi connectivity index (χ3v) is 3.28. The van der Waals surface area contributed by atoms with Gasteiger partial charge in [-0.05, 0) is 38.1 Å². The zero-order valence-corrected chi connectivity index (χ0v) is 9.49. The lowest BCUT2D eigenvalue weighted by molar-refractivity contribution is 0.300. The lowest BCUT2D eigenvalue weighted by Crippen LogP contribution is -2.21. The van der Waals surface area contributed by atoms with Gasteiger partial charge < -0.3 is 5.32 Å². The molecule has 1 aromatic rings. The van der Waals surface area contributed by atoms with Crippen LogP contribution in [0.1, 0.15) is 37.6 Å². The molecule has 15 heavy (non-hydrogen) atoms. The van der Waals surface area contributed by atoms with Crippen molar-refractivity contribution in [1.29, 1.82) is 0 Å². The Morgan fingerprint density at radius 1 is 1.40 bits per heavy atom. The summed E-state index contributed by atoms with van der Waals surface area (Å²) in [5.74, 6) is 1.76. The van der Waals surface area contributed by atoms with Crippen LogP contribution in [0.2, 0.25) is 0 Å². The molecule has 0 amide bonds. The van der Waals surface area contributed by atoms with Gasteiger partial charge in [0, 0.05) is 6.54 Å². The van der Waals surface area contributed by atoms with Gasteiger partial charge in [-0.15, -0.1) is 0 Å². The molecule has 1 N–H and O–H groups in total. The zero-order valence-electron chi connectivity index (χ0n) is 9.49. The van der Waals surface area contributed by atoms with E-state index in [1.807, 2.05) is 6.92 Å². The van der Waals surface area contributed by atoms with Gasteiger partial charge >= 0.3 is 0 Å². The number of aryl methyl sites for hydroxylation is 1. The Kier molecular flexibility index (Phi) is 3.36. The van der Waals surface area contributed by atoms with Gasteiger partial charge in [-0.2, -0.15) is 0 Å². The summed E-state index contributed by atoms with van der Waals surface area (Å²) in [5.41, 5.74) is 1.82. The van der Waals surface area contributed by atoms with Crippen LogP contribution in [-0.2, 0) is 6.54 Å². The fraction of sp³-hybridized carbons (Fsp3) is 0.818. The molecule has 2 unspecified atom stereocenters. The molecular formula is C11H19N3O. The molecule has 0 saturated heterocycles. The van der Waals surface area contributed by atoms with Crippen molar-refractivity contribution in [3.63, 3.8) is 0 Å². The van der Waals surface area contributed by atoms with Crippen LogP contribution in [0.25, 0.3) is 0 Å². The van der Waals surface area contributed by atoms with Crippen LogP contribution in [0.3, 0.4) is 0 Å². The molecule has 1 saturated carbocycles. The van der Waals surface area contributed by atoms with Gasteiger partial charge in [0.05, 0.1) is 0 Å². The maximum absolute atomic E-state index is 4.64. The first-order valence-corrected chi connectivity index (χ1v) is 5.74. The number of aromatic nitrogens is 2. The second-order valence-electron chi connectivity index (χ2n) is 4.71. The maximum atomic E-state index is 4.64. The van der Waals surface area contributed by atoms with E-state index in [1.54, 1.807) is 0 Å². The van der Waals surface area contributed by atoms with Gasteiger partial charge in [0.25, 0.3) is 0 Å². The van der Waals surface area contributed by atoms with Crippen molar-refractivity contribution in [3.8, 4) is 0 Å². The van der Waals surface area contributed by atoms with Crippen molar-refractivity contribution >= 4 is 0 Å². The minimum absolute atomic E-state index is 0.778. The molecule has 0 bridgehead atoms. The van der Waals surface area contributed by atoms with Gasteiger partial charge in [-0.25, -0.2) is 4.63 Å². The summed E-state index contributed by atoms with van der Waals surface area (Å²) >= 11 is 0. The van der Waals surface area contributed by atoms with Crippen molar-refractivity contribution in [2.75, 3.05) is 6.54 Å². The van der Waals surface area contributed by atoms with Crippen molar-refractivity contribution in [2.24, 2.45) is 11.8 Å². The largest absolute Gasteiger partial charge is 0.311 e. The quantitative estimate of drug-likeness (QED) is 0.823. The van der Waals surface area contributed by atoms with E-state index in [-0.39, 0.29) is 0 Å². The first-order chi connectivity index (χ1) is 7.25. The Morgan fingerprint density at radius 3 is 2.87 bits per heavy atom. The number of hydrogen-bond acceptors (Lipinski definition) is 4. The van der Waals surface area contributed by atoms with Crippen molar-refractivity contribution in [2.45, 2.75) is 39.7 Å². The third kappa shape index (κ3) is 2.78. The zero-order chi connectivity index (χ0) is 10.7. The topological polar surface area (TPSA) is 51.0 Å². The summed E-state index contributed by atoms with van der Waals surface area (Å²) in [6, 6.07) is 0. The fourth-order valence-electron chi connectivity index (χ4n) is 2.31. The molecule has 1 fully saturated rings. The molecule has 0 spiro atoms. The first-order valence-electron chi connectivity index (χ1n) is 5.74. The van der Waals surface area contributed by atoms with E-state index in [1.165, 1.54) is 19.3 Å². The fourth-order valence-corrected chi connectivity index (χ4v) is 2.31. The normalized spacial score (nSPS) is 26.0. The molecule has 0 radical (unpaired) electrons. The van der Waals surface area contributed by atoms with E-state index in [0.717, 1.165) is 36.3 Å². The van der Waals surface area contributed by atoms with E-state index >= 15 is 0 Å². The van der Waals surface area contributed by atoms with Crippen LogP contribution in [0.4, 0.5) is 0 Å². The average molecular weight is 209 g/mol. The van der Waals surface area contributed by atoms with E-state index in [9.17, 15) is 0 Å². The van der Waals surface area contributed by atoms with Crippen LogP contribution >= 0.6 is 0 Å². The molecule has 84 valence electrons. The minimum atomic E-state index is 0.778. The molecule has 1 heterocycles. The number of rotatable bonds is 4. The number of nitrogens with one attached hydrogen (secondary N) is 1. The Hall–Kier alpha value is -0.900. The summed E-state index contributed by atoms with van der Waals surface area (Å²) in [7, 11) is 0. The highest BCUT2D eigenvalue weighted by Gasteiger charge is 2.20. The molecule has 0 aliphatic heterocycles. The van der Waals surface area contributed by atoms with Crippen LogP contribution in [0.5, 0.6) is 0 Å². The van der Waals surface area contributed by atoms with E-state index in [0.29, 0.717) is 0 Å². The first kappa shape index (κ1) is 10.6. The molecule has 2 atom stereocenters. The summed E-state index contributed by atoms with van der Waals surface area (Å²) in [5, 5.41) is 11.0. The highest BCUT2D eigenvalue weighted by atomic mass is 16.6. The minimum Gasteiger partial charge on any atom is -0.311 e.